The Hall–Kier alpha value is -1.96. The van der Waals surface area contributed by atoms with Gasteiger partial charge in [0.1, 0.15) is 0 Å². The predicted molar refractivity (Wildman–Crippen MR) is 70.8 cm³/mol. The normalized spacial score (nSPS) is 11.2. The highest BCUT2D eigenvalue weighted by Crippen LogP contribution is 2.13. The van der Waals surface area contributed by atoms with Crippen molar-refractivity contribution >= 4 is 27.6 Å². The lowest BCUT2D eigenvalue weighted by atomic mass is 10.3. The fourth-order valence-corrected chi connectivity index (χ4v) is 1.79. The summed E-state index contributed by atoms with van der Waals surface area (Å²) < 4.78 is 6.04. The third-order valence-corrected chi connectivity index (χ3v) is 2.77. The minimum Gasteiger partial charge on any atom is -0.466 e. The Bertz CT molecular complexity index is 606. The van der Waals surface area contributed by atoms with E-state index in [4.69, 9.17) is 0 Å². The number of hydrogen-bond acceptors (Lipinski definition) is 5. The van der Waals surface area contributed by atoms with E-state index in [1.54, 1.807) is 0 Å². The number of halogens is 1. The number of aromatic nitrogens is 1. The number of ether oxygens (including phenoxy) is 1. The molecule has 1 aromatic rings. The van der Waals surface area contributed by atoms with Crippen LogP contribution in [0.15, 0.2) is 33.2 Å². The fraction of sp³-hybridized carbons (Fsp3) is 0.273. The van der Waals surface area contributed by atoms with Crippen LogP contribution in [0.1, 0.15) is 6.92 Å². The molecular formula is C11H11BrN2O5. The van der Waals surface area contributed by atoms with Crippen LogP contribution >= 0.6 is 15.9 Å². The van der Waals surface area contributed by atoms with Crippen molar-refractivity contribution in [1.82, 2.24) is 4.57 Å². The van der Waals surface area contributed by atoms with E-state index in [-0.39, 0.29) is 6.54 Å². The lowest BCUT2D eigenvalue weighted by Gasteiger charge is -2.04. The lowest BCUT2D eigenvalue weighted by Crippen LogP contribution is -2.22. The third-order valence-electron chi connectivity index (χ3n) is 2.33. The first-order valence-electron chi connectivity index (χ1n) is 5.16. The molecule has 8 heteroatoms. The van der Waals surface area contributed by atoms with Crippen molar-refractivity contribution in [3.63, 3.8) is 0 Å². The number of nitro groups is 1. The van der Waals surface area contributed by atoms with Gasteiger partial charge in [0.05, 0.1) is 12.0 Å². The van der Waals surface area contributed by atoms with E-state index in [0.29, 0.717) is 10.0 Å². The molecule has 0 saturated heterocycles. The molecular weight excluding hydrogens is 320 g/mol. The van der Waals surface area contributed by atoms with Gasteiger partial charge >= 0.3 is 17.2 Å². The van der Waals surface area contributed by atoms with Gasteiger partial charge in [-0.1, -0.05) is 6.08 Å². The Kier molecular flexibility index (Phi) is 4.99. The molecule has 19 heavy (non-hydrogen) atoms. The van der Waals surface area contributed by atoms with E-state index in [2.05, 4.69) is 20.7 Å². The molecule has 0 N–H and O–H groups in total. The predicted octanol–water partition coefficient (Wildman–Crippen LogP) is 1.64. The molecule has 0 saturated carbocycles. The molecule has 0 fully saturated rings. The lowest BCUT2D eigenvalue weighted by molar-refractivity contribution is -0.386. The van der Waals surface area contributed by atoms with Gasteiger partial charge in [0.25, 0.3) is 0 Å². The van der Waals surface area contributed by atoms with Crippen molar-refractivity contribution in [1.29, 1.82) is 0 Å². The van der Waals surface area contributed by atoms with Gasteiger partial charge in [0.2, 0.25) is 0 Å². The van der Waals surface area contributed by atoms with Gasteiger partial charge in [-0.05, 0) is 22.9 Å². The van der Waals surface area contributed by atoms with Crippen molar-refractivity contribution in [2.24, 2.45) is 0 Å². The number of methoxy groups -OCH3 is 1. The molecule has 0 amide bonds. The van der Waals surface area contributed by atoms with Crippen molar-refractivity contribution in [2.75, 3.05) is 7.11 Å². The summed E-state index contributed by atoms with van der Waals surface area (Å²) >= 11 is 3.09. The van der Waals surface area contributed by atoms with E-state index in [1.165, 1.54) is 26.3 Å². The van der Waals surface area contributed by atoms with Gasteiger partial charge in [0, 0.05) is 28.9 Å². The number of pyridine rings is 1. The van der Waals surface area contributed by atoms with Crippen molar-refractivity contribution in [2.45, 2.75) is 13.5 Å². The minimum absolute atomic E-state index is 0.0417. The van der Waals surface area contributed by atoms with Gasteiger partial charge in [0.15, 0.2) is 0 Å². The molecule has 0 aliphatic rings. The van der Waals surface area contributed by atoms with E-state index in [1.807, 2.05) is 0 Å². The second-order valence-electron chi connectivity index (χ2n) is 3.64. The van der Waals surface area contributed by atoms with Crippen LogP contribution in [0.2, 0.25) is 0 Å². The average Bonchev–Trinajstić information content (AvgIpc) is 2.37. The molecule has 1 rings (SSSR count). The summed E-state index contributed by atoms with van der Waals surface area (Å²) in [5.74, 6) is -0.516. The highest BCUT2D eigenvalue weighted by molar-refractivity contribution is 9.10. The zero-order chi connectivity index (χ0) is 14.6. The van der Waals surface area contributed by atoms with E-state index >= 15 is 0 Å². The molecule has 0 spiro atoms. The summed E-state index contributed by atoms with van der Waals surface area (Å²) in [7, 11) is 1.25. The first kappa shape index (κ1) is 15.1. The van der Waals surface area contributed by atoms with Crippen LogP contribution in [0.3, 0.4) is 0 Å². The topological polar surface area (TPSA) is 91.4 Å². The maximum absolute atomic E-state index is 11.8. The van der Waals surface area contributed by atoms with Crippen LogP contribution in [-0.4, -0.2) is 22.6 Å². The SMILES string of the molecule is COC(=O)C(C)=CCn1cc(Br)cc([N+](=O)[O-])c1=O. The quantitative estimate of drug-likeness (QED) is 0.362. The summed E-state index contributed by atoms with van der Waals surface area (Å²) in [6.07, 6.45) is 2.87. The van der Waals surface area contributed by atoms with Crippen LogP contribution < -0.4 is 5.56 Å². The fourth-order valence-electron chi connectivity index (χ4n) is 1.33. The van der Waals surface area contributed by atoms with Crippen molar-refractivity contribution in [3.8, 4) is 0 Å². The smallest absolute Gasteiger partial charge is 0.335 e. The first-order valence-corrected chi connectivity index (χ1v) is 5.95. The molecule has 1 heterocycles. The highest BCUT2D eigenvalue weighted by atomic mass is 79.9. The number of carbonyl (C=O) groups excluding carboxylic acids is 1. The van der Waals surface area contributed by atoms with Crippen LogP contribution in [0, 0.1) is 10.1 Å². The van der Waals surface area contributed by atoms with Gasteiger partial charge in [-0.15, -0.1) is 0 Å². The van der Waals surface area contributed by atoms with Gasteiger partial charge in [-0.2, -0.15) is 0 Å². The second-order valence-corrected chi connectivity index (χ2v) is 4.55. The van der Waals surface area contributed by atoms with Crippen LogP contribution in [0.4, 0.5) is 5.69 Å². The molecule has 0 bridgehead atoms. The number of rotatable bonds is 4. The first-order chi connectivity index (χ1) is 8.86. The van der Waals surface area contributed by atoms with Gasteiger partial charge in [-0.3, -0.25) is 14.9 Å². The summed E-state index contributed by atoms with van der Waals surface area (Å²) in [6, 6.07) is 1.13. The highest BCUT2D eigenvalue weighted by Gasteiger charge is 2.15. The van der Waals surface area contributed by atoms with Gasteiger partial charge < -0.3 is 9.30 Å². The molecule has 0 atom stereocenters. The van der Waals surface area contributed by atoms with Crippen LogP contribution in [0.5, 0.6) is 0 Å². The Morgan fingerprint density at radius 3 is 2.79 bits per heavy atom. The number of allylic oxidation sites excluding steroid dienone is 1. The average molecular weight is 331 g/mol. The summed E-state index contributed by atoms with van der Waals surface area (Å²) in [5, 5.41) is 10.7. The number of esters is 1. The van der Waals surface area contributed by atoms with Crippen LogP contribution in [0.25, 0.3) is 0 Å². The Morgan fingerprint density at radius 1 is 1.63 bits per heavy atom. The van der Waals surface area contributed by atoms with E-state index < -0.39 is 22.1 Å². The maximum atomic E-state index is 11.8. The molecule has 7 nitrogen and oxygen atoms in total. The molecule has 1 aromatic heterocycles. The Labute approximate surface area is 116 Å². The molecule has 0 aliphatic heterocycles. The second kappa shape index (κ2) is 6.28. The largest absolute Gasteiger partial charge is 0.466 e. The summed E-state index contributed by atoms with van der Waals surface area (Å²) in [5.41, 5.74) is -0.947. The van der Waals surface area contributed by atoms with Crippen molar-refractivity contribution < 1.29 is 14.5 Å². The zero-order valence-electron chi connectivity index (χ0n) is 10.3. The Morgan fingerprint density at radius 2 is 2.26 bits per heavy atom. The third kappa shape index (κ3) is 3.75. The molecule has 0 aliphatic carbocycles. The van der Waals surface area contributed by atoms with E-state index in [9.17, 15) is 19.7 Å². The summed E-state index contributed by atoms with van der Waals surface area (Å²) in [6.45, 7) is 1.57. The Balaban J connectivity index is 3.13. The van der Waals surface area contributed by atoms with Crippen molar-refractivity contribution in [3.05, 3.63) is 48.9 Å². The minimum atomic E-state index is -0.750. The number of hydrogen-bond donors (Lipinski definition) is 0. The zero-order valence-corrected chi connectivity index (χ0v) is 11.8. The molecule has 0 unspecified atom stereocenters. The molecule has 0 aromatic carbocycles. The van der Waals surface area contributed by atoms with E-state index in [0.717, 1.165) is 10.6 Å². The van der Waals surface area contributed by atoms with Crippen LogP contribution in [-0.2, 0) is 16.1 Å². The molecule has 0 radical (unpaired) electrons. The monoisotopic (exact) mass is 330 g/mol. The molecule has 102 valence electrons. The maximum Gasteiger partial charge on any atom is 0.335 e. The number of carbonyl (C=O) groups is 1. The van der Waals surface area contributed by atoms with Gasteiger partial charge in [-0.25, -0.2) is 4.79 Å². The number of nitrogens with zero attached hydrogens (tertiary/aromatic N) is 2. The standard InChI is InChI=1S/C11H11BrN2O5/c1-7(11(16)19-2)3-4-13-6-8(12)5-9(10(13)15)14(17)18/h3,5-6H,4H2,1-2H3. The summed E-state index contributed by atoms with van der Waals surface area (Å²) in [4.78, 5) is 32.9.